The highest BCUT2D eigenvalue weighted by Crippen LogP contribution is 2.29. The number of nitrogens with one attached hydrogen (secondary N) is 1. The zero-order valence-electron chi connectivity index (χ0n) is 20.3. The molecule has 0 atom stereocenters. The molecule has 194 valence electrons. The van der Waals surface area contributed by atoms with Crippen molar-refractivity contribution in [1.82, 2.24) is 9.97 Å². The molecule has 0 aliphatic carbocycles. The van der Waals surface area contributed by atoms with Crippen molar-refractivity contribution < 1.29 is 43.7 Å². The number of fused-ring (bicyclic) bond motifs is 1. The van der Waals surface area contributed by atoms with Gasteiger partial charge >= 0.3 is 21.2 Å². The average Bonchev–Trinajstić information content (AvgIpc) is 3.31. The van der Waals surface area contributed by atoms with Crippen LogP contribution in [-0.4, -0.2) is 36.0 Å². The molecule has 0 fully saturated rings. The number of hydrogen-bond acceptors (Lipinski definition) is 8. The Hall–Kier alpha value is -3.39. The summed E-state index contributed by atoms with van der Waals surface area (Å²) in [5.41, 5.74) is 2.14. The molecule has 0 aliphatic heterocycles. The molecule has 5 rings (SSSR count). The second-order valence-corrected chi connectivity index (χ2v) is 13.3. The second kappa shape index (κ2) is 12.4. The van der Waals surface area contributed by atoms with Gasteiger partial charge in [0.2, 0.25) is 3.57 Å². The molecule has 0 bridgehead atoms. The number of methoxy groups -OCH3 is 1. The third kappa shape index (κ3) is 7.57. The number of nitrogens with zero attached hydrogens (tertiary/aromatic N) is 2. The largest absolute Gasteiger partial charge is 0.744 e. The van der Waals surface area contributed by atoms with Gasteiger partial charge in [-0.2, -0.15) is 0 Å². The van der Waals surface area contributed by atoms with Crippen molar-refractivity contribution >= 4 is 42.7 Å². The predicted octanol–water partition coefficient (Wildman–Crippen LogP) is 1.98. The molecular weight excluding hydrogens is 637 g/mol. The molecule has 0 aliphatic rings. The minimum Gasteiger partial charge on any atom is -0.744 e. The molecular formula is C27H22IN3O5S2. The van der Waals surface area contributed by atoms with E-state index in [9.17, 15) is 17.8 Å². The number of aromatic nitrogens is 2. The van der Waals surface area contributed by atoms with Crippen LogP contribution in [0.2, 0.25) is 0 Å². The van der Waals surface area contributed by atoms with E-state index >= 15 is 0 Å². The van der Waals surface area contributed by atoms with Crippen LogP contribution in [0.4, 0.5) is 5.13 Å². The lowest BCUT2D eigenvalue weighted by Gasteiger charge is -2.05. The first-order valence-corrected chi connectivity index (χ1v) is 15.5. The number of benzene rings is 3. The fourth-order valence-corrected chi connectivity index (χ4v) is 6.61. The number of halogens is 1. The Balaban J connectivity index is 0.000000257. The smallest absolute Gasteiger partial charge is 0.359 e. The van der Waals surface area contributed by atoms with Gasteiger partial charge in [0.25, 0.3) is 5.91 Å². The zero-order chi connectivity index (χ0) is 27.1. The molecule has 1 amide bonds. The summed E-state index contributed by atoms with van der Waals surface area (Å²) in [6, 6.07) is 25.5. The first-order chi connectivity index (χ1) is 18.2. The quantitative estimate of drug-likeness (QED) is 0.219. The van der Waals surface area contributed by atoms with Crippen molar-refractivity contribution in [1.29, 1.82) is 0 Å². The summed E-state index contributed by atoms with van der Waals surface area (Å²) in [5.74, 6) is 0.508. The van der Waals surface area contributed by atoms with E-state index in [-0.39, 0.29) is 32.0 Å². The summed E-state index contributed by atoms with van der Waals surface area (Å²) in [6.45, 7) is 1.82. The van der Waals surface area contributed by atoms with Crippen LogP contribution in [0.3, 0.4) is 0 Å². The molecule has 0 saturated heterocycles. The number of carbonyl (C=O) groups excluding carboxylic acids is 1. The SMILES string of the molecule is COc1ccc2nc(NC(=O)c3ccc([I+]c4ccccc4)cn3)sc2c1.Cc1ccc(S(=O)(=O)[O-])cc1. The number of ether oxygens (including phenoxy) is 1. The fraction of sp³-hybridized carbons (Fsp3) is 0.0741. The summed E-state index contributed by atoms with van der Waals surface area (Å²) >= 11 is 1.12. The average molecular weight is 660 g/mol. The van der Waals surface area contributed by atoms with E-state index in [4.69, 9.17) is 4.74 Å². The highest BCUT2D eigenvalue weighted by Gasteiger charge is 2.17. The fourth-order valence-electron chi connectivity index (χ4n) is 3.12. The van der Waals surface area contributed by atoms with Gasteiger partial charge in [0.1, 0.15) is 21.6 Å². The van der Waals surface area contributed by atoms with Gasteiger partial charge in [-0.15, -0.1) is 0 Å². The van der Waals surface area contributed by atoms with E-state index in [0.29, 0.717) is 10.8 Å². The van der Waals surface area contributed by atoms with Crippen LogP contribution in [0.5, 0.6) is 5.75 Å². The Bertz CT molecular complexity index is 1640. The van der Waals surface area contributed by atoms with E-state index < -0.39 is 10.1 Å². The van der Waals surface area contributed by atoms with Crippen LogP contribution in [0, 0.1) is 14.1 Å². The summed E-state index contributed by atoms with van der Waals surface area (Å²) in [4.78, 5) is 21.0. The molecule has 1 N–H and O–H groups in total. The molecule has 0 spiro atoms. The molecule has 0 radical (unpaired) electrons. The maximum atomic E-state index is 12.5. The lowest BCUT2D eigenvalue weighted by molar-refractivity contribution is -0.597. The number of amides is 1. The Morgan fingerprint density at radius 3 is 2.34 bits per heavy atom. The monoisotopic (exact) mass is 659 g/mol. The summed E-state index contributed by atoms with van der Waals surface area (Å²) in [5, 5.41) is 3.38. The molecule has 2 aromatic heterocycles. The van der Waals surface area contributed by atoms with Gasteiger partial charge in [0.15, 0.2) is 8.70 Å². The molecule has 3 aromatic carbocycles. The van der Waals surface area contributed by atoms with Crippen LogP contribution in [-0.2, 0) is 10.1 Å². The topological polar surface area (TPSA) is 121 Å². The number of aryl methyl sites for hydroxylation is 1. The van der Waals surface area contributed by atoms with Crippen LogP contribution >= 0.6 is 11.3 Å². The normalized spacial score (nSPS) is 10.9. The number of pyridine rings is 1. The summed E-state index contributed by atoms with van der Waals surface area (Å²) in [7, 11) is -2.64. The minimum atomic E-state index is -4.27. The number of hydrogen-bond donors (Lipinski definition) is 1. The van der Waals surface area contributed by atoms with Gasteiger partial charge in [-0.1, -0.05) is 47.2 Å². The lowest BCUT2D eigenvalue weighted by Crippen LogP contribution is -3.61. The van der Waals surface area contributed by atoms with E-state index in [0.717, 1.165) is 21.5 Å². The van der Waals surface area contributed by atoms with Gasteiger partial charge in [0, 0.05) is 0 Å². The maximum Gasteiger partial charge on any atom is 0.359 e. The van der Waals surface area contributed by atoms with Crippen molar-refractivity contribution in [3.63, 3.8) is 0 Å². The first kappa shape index (κ1) is 27.6. The van der Waals surface area contributed by atoms with Crippen molar-refractivity contribution in [2.24, 2.45) is 0 Å². The Labute approximate surface area is 234 Å². The van der Waals surface area contributed by atoms with Crippen molar-refractivity contribution in [2.45, 2.75) is 11.8 Å². The molecule has 5 aromatic rings. The van der Waals surface area contributed by atoms with Crippen molar-refractivity contribution in [3.8, 4) is 5.75 Å². The van der Waals surface area contributed by atoms with Crippen LogP contribution in [0.15, 0.2) is 96.0 Å². The van der Waals surface area contributed by atoms with Gasteiger partial charge in [-0.3, -0.25) is 10.1 Å². The first-order valence-electron chi connectivity index (χ1n) is 11.2. The standard InChI is InChI=1S/C20H14IN3O2S.C7H8O3S/c1-26-15-8-10-16-18(11-15)27-20(23-16)24-19(25)17-9-7-14(12-22-17)21-13-5-3-2-4-6-13;1-6-2-4-7(5-3-6)11(8,9)10/h2-12H,1H3;2-5H,1H3,(H,8,9,10). The van der Waals surface area contributed by atoms with Gasteiger partial charge in [0.05, 0.1) is 28.4 Å². The number of anilines is 1. The van der Waals surface area contributed by atoms with Gasteiger partial charge in [-0.05, 0) is 61.5 Å². The van der Waals surface area contributed by atoms with Crippen LogP contribution in [0.25, 0.3) is 10.2 Å². The Morgan fingerprint density at radius 1 is 0.974 bits per heavy atom. The summed E-state index contributed by atoms with van der Waals surface area (Å²) < 4.78 is 39.8. The lowest BCUT2D eigenvalue weighted by atomic mass is 10.2. The van der Waals surface area contributed by atoms with Crippen molar-refractivity contribution in [2.75, 3.05) is 12.4 Å². The number of thiazole rings is 1. The third-order valence-corrected chi connectivity index (χ3v) is 9.42. The molecule has 0 unspecified atom stereocenters. The predicted molar refractivity (Wildman–Crippen MR) is 141 cm³/mol. The number of rotatable bonds is 6. The Kier molecular flexibility index (Phi) is 9.05. The highest BCUT2D eigenvalue weighted by molar-refractivity contribution is 7.85. The van der Waals surface area contributed by atoms with E-state index in [1.54, 1.807) is 31.5 Å². The van der Waals surface area contributed by atoms with Gasteiger partial charge < -0.3 is 9.29 Å². The minimum absolute atomic E-state index is 0.178. The van der Waals surface area contributed by atoms with E-state index in [1.165, 1.54) is 30.6 Å². The maximum absolute atomic E-state index is 12.5. The second-order valence-electron chi connectivity index (χ2n) is 7.83. The molecule has 0 saturated carbocycles. The molecule has 8 nitrogen and oxygen atoms in total. The molecule has 38 heavy (non-hydrogen) atoms. The van der Waals surface area contributed by atoms with Crippen molar-refractivity contribution in [3.05, 3.63) is 110 Å². The highest BCUT2D eigenvalue weighted by atomic mass is 127. The van der Waals surface area contributed by atoms with Gasteiger partial charge in [-0.25, -0.2) is 18.4 Å². The number of carbonyl (C=O) groups is 1. The molecule has 11 heteroatoms. The Morgan fingerprint density at radius 2 is 1.71 bits per heavy atom. The van der Waals surface area contributed by atoms with Crippen LogP contribution in [0.1, 0.15) is 16.1 Å². The van der Waals surface area contributed by atoms with E-state index in [2.05, 4.69) is 27.4 Å². The van der Waals surface area contributed by atoms with E-state index in [1.807, 2.05) is 49.4 Å². The molecule has 2 heterocycles. The summed E-state index contributed by atoms with van der Waals surface area (Å²) in [6.07, 6.45) is 1.79. The zero-order valence-corrected chi connectivity index (χ0v) is 24.1. The third-order valence-electron chi connectivity index (χ3n) is 5.04. The van der Waals surface area contributed by atoms with Crippen LogP contribution < -0.4 is 31.3 Å².